The summed E-state index contributed by atoms with van der Waals surface area (Å²) >= 11 is 3.40. The van der Waals surface area contributed by atoms with E-state index in [0.29, 0.717) is 0 Å². The molecular formula is C12H17BrO. The molecule has 0 aromatic heterocycles. The lowest BCUT2D eigenvalue weighted by molar-refractivity contribution is 0.0251. The van der Waals surface area contributed by atoms with E-state index in [1.165, 1.54) is 5.56 Å². The lowest BCUT2D eigenvalue weighted by Crippen LogP contribution is -2.29. The molecule has 0 heterocycles. The van der Waals surface area contributed by atoms with Crippen molar-refractivity contribution < 1.29 is 5.11 Å². The zero-order chi connectivity index (χ0) is 10.8. The van der Waals surface area contributed by atoms with E-state index in [4.69, 9.17) is 0 Å². The highest BCUT2D eigenvalue weighted by atomic mass is 79.9. The van der Waals surface area contributed by atoms with Gasteiger partial charge in [-0.2, -0.15) is 0 Å². The van der Waals surface area contributed by atoms with Gasteiger partial charge in [0, 0.05) is 4.47 Å². The van der Waals surface area contributed by atoms with Gasteiger partial charge in [-0.1, -0.05) is 35.0 Å². The quantitative estimate of drug-likeness (QED) is 0.879. The molecule has 0 spiro atoms. The molecule has 0 fully saturated rings. The van der Waals surface area contributed by atoms with Gasteiger partial charge in [-0.15, -0.1) is 0 Å². The molecule has 1 atom stereocenters. The Morgan fingerprint density at radius 1 is 1.29 bits per heavy atom. The van der Waals surface area contributed by atoms with E-state index >= 15 is 0 Å². The molecule has 0 aliphatic carbocycles. The fourth-order valence-corrected chi connectivity index (χ4v) is 1.49. The van der Waals surface area contributed by atoms with Crippen molar-refractivity contribution in [2.45, 2.75) is 32.8 Å². The highest BCUT2D eigenvalue weighted by Crippen LogP contribution is 2.21. The Bertz CT molecular complexity index is 284. The molecule has 1 N–H and O–H groups in total. The van der Waals surface area contributed by atoms with Crippen LogP contribution in [0.25, 0.3) is 0 Å². The van der Waals surface area contributed by atoms with Crippen LogP contribution in [0, 0.1) is 5.92 Å². The van der Waals surface area contributed by atoms with Gasteiger partial charge in [-0.25, -0.2) is 0 Å². The molecule has 1 nitrogen and oxygen atoms in total. The number of hydrogen-bond acceptors (Lipinski definition) is 1. The summed E-state index contributed by atoms with van der Waals surface area (Å²) in [6.07, 6.45) is 0.913. The summed E-state index contributed by atoms with van der Waals surface area (Å²) in [5.41, 5.74) is 0.662. The maximum Gasteiger partial charge on any atom is 0.0620 e. The highest BCUT2D eigenvalue weighted by Gasteiger charge is 2.22. The van der Waals surface area contributed by atoms with Gasteiger partial charge in [0.25, 0.3) is 0 Å². The molecule has 2 heteroatoms. The average molecular weight is 257 g/mol. The fourth-order valence-electron chi connectivity index (χ4n) is 1.22. The predicted octanol–water partition coefficient (Wildman–Crippen LogP) is 3.40. The second kappa shape index (κ2) is 4.45. The SMILES string of the molecule is C[C@@H](Cc1ccc(Br)cc1)C(C)(C)O. The van der Waals surface area contributed by atoms with Gasteiger partial charge in [0.2, 0.25) is 0 Å². The molecule has 14 heavy (non-hydrogen) atoms. The van der Waals surface area contributed by atoms with Crippen molar-refractivity contribution in [3.63, 3.8) is 0 Å². The third-order valence-electron chi connectivity index (χ3n) is 2.66. The molecule has 0 aliphatic rings. The number of hydrogen-bond donors (Lipinski definition) is 1. The summed E-state index contributed by atoms with van der Waals surface area (Å²) in [4.78, 5) is 0. The number of rotatable bonds is 3. The van der Waals surface area contributed by atoms with Crippen LogP contribution in [0.5, 0.6) is 0 Å². The molecule has 1 rings (SSSR count). The van der Waals surface area contributed by atoms with Crippen LogP contribution in [0.1, 0.15) is 26.3 Å². The zero-order valence-electron chi connectivity index (χ0n) is 8.92. The van der Waals surface area contributed by atoms with Gasteiger partial charge in [-0.05, 0) is 43.9 Å². The topological polar surface area (TPSA) is 20.2 Å². The molecule has 0 amide bonds. The Balaban J connectivity index is 2.65. The first-order valence-electron chi connectivity index (χ1n) is 4.86. The zero-order valence-corrected chi connectivity index (χ0v) is 10.5. The van der Waals surface area contributed by atoms with E-state index in [-0.39, 0.29) is 5.92 Å². The maximum absolute atomic E-state index is 9.79. The minimum atomic E-state index is -0.604. The van der Waals surface area contributed by atoms with Crippen molar-refractivity contribution >= 4 is 15.9 Å². The average Bonchev–Trinajstić information content (AvgIpc) is 2.07. The van der Waals surface area contributed by atoms with E-state index in [2.05, 4.69) is 35.0 Å². The van der Waals surface area contributed by atoms with Crippen LogP contribution in [-0.2, 0) is 6.42 Å². The highest BCUT2D eigenvalue weighted by molar-refractivity contribution is 9.10. The number of benzene rings is 1. The van der Waals surface area contributed by atoms with Crippen LogP contribution >= 0.6 is 15.9 Å². The number of aliphatic hydroxyl groups is 1. The summed E-state index contributed by atoms with van der Waals surface area (Å²) in [6.45, 7) is 5.79. The Morgan fingerprint density at radius 2 is 1.79 bits per heavy atom. The van der Waals surface area contributed by atoms with Crippen LogP contribution in [0.4, 0.5) is 0 Å². The fraction of sp³-hybridized carbons (Fsp3) is 0.500. The Labute approximate surface area is 94.3 Å². The smallest absolute Gasteiger partial charge is 0.0620 e. The molecule has 0 saturated carbocycles. The minimum Gasteiger partial charge on any atom is -0.390 e. The monoisotopic (exact) mass is 256 g/mol. The molecule has 0 bridgehead atoms. The summed E-state index contributed by atoms with van der Waals surface area (Å²) in [5.74, 6) is 0.267. The first-order chi connectivity index (χ1) is 6.39. The molecule has 0 saturated heterocycles. The first kappa shape index (κ1) is 11.7. The molecular weight excluding hydrogens is 240 g/mol. The van der Waals surface area contributed by atoms with E-state index in [1.54, 1.807) is 0 Å². The predicted molar refractivity (Wildman–Crippen MR) is 63.3 cm³/mol. The van der Waals surface area contributed by atoms with Crippen LogP contribution in [0.3, 0.4) is 0 Å². The summed E-state index contributed by atoms with van der Waals surface area (Å²) < 4.78 is 1.09. The van der Waals surface area contributed by atoms with Crippen molar-refractivity contribution in [1.29, 1.82) is 0 Å². The van der Waals surface area contributed by atoms with Crippen molar-refractivity contribution in [3.8, 4) is 0 Å². The second-order valence-corrected chi connectivity index (χ2v) is 5.30. The molecule has 0 aliphatic heterocycles. The largest absolute Gasteiger partial charge is 0.390 e. The van der Waals surface area contributed by atoms with E-state index in [1.807, 2.05) is 26.0 Å². The molecule has 0 radical (unpaired) electrons. The number of halogens is 1. The van der Waals surface area contributed by atoms with Crippen LogP contribution in [-0.4, -0.2) is 10.7 Å². The van der Waals surface area contributed by atoms with E-state index in [0.717, 1.165) is 10.9 Å². The second-order valence-electron chi connectivity index (χ2n) is 4.39. The third kappa shape index (κ3) is 3.43. The Kier molecular flexibility index (Phi) is 3.73. The van der Waals surface area contributed by atoms with E-state index < -0.39 is 5.60 Å². The molecule has 1 aromatic carbocycles. The summed E-state index contributed by atoms with van der Waals surface area (Å²) in [6, 6.07) is 8.25. The molecule has 0 unspecified atom stereocenters. The van der Waals surface area contributed by atoms with E-state index in [9.17, 15) is 5.11 Å². The van der Waals surface area contributed by atoms with Gasteiger partial charge < -0.3 is 5.11 Å². The van der Waals surface area contributed by atoms with Crippen molar-refractivity contribution in [3.05, 3.63) is 34.3 Å². The molecule has 78 valence electrons. The lowest BCUT2D eigenvalue weighted by Gasteiger charge is -2.25. The summed E-state index contributed by atoms with van der Waals surface area (Å²) in [7, 11) is 0. The van der Waals surface area contributed by atoms with Crippen LogP contribution in [0.2, 0.25) is 0 Å². The third-order valence-corrected chi connectivity index (χ3v) is 3.19. The van der Waals surface area contributed by atoms with Gasteiger partial charge >= 0.3 is 0 Å². The Morgan fingerprint density at radius 3 is 2.21 bits per heavy atom. The van der Waals surface area contributed by atoms with Gasteiger partial charge in [0.15, 0.2) is 0 Å². The van der Waals surface area contributed by atoms with Crippen molar-refractivity contribution in [2.24, 2.45) is 5.92 Å². The van der Waals surface area contributed by atoms with Gasteiger partial charge in [-0.3, -0.25) is 0 Å². The van der Waals surface area contributed by atoms with Crippen molar-refractivity contribution in [2.75, 3.05) is 0 Å². The van der Waals surface area contributed by atoms with Crippen LogP contribution in [0.15, 0.2) is 28.7 Å². The minimum absolute atomic E-state index is 0.267. The normalized spacial score (nSPS) is 14.1. The Hall–Kier alpha value is -0.340. The van der Waals surface area contributed by atoms with Gasteiger partial charge in [0.1, 0.15) is 0 Å². The van der Waals surface area contributed by atoms with Crippen LogP contribution < -0.4 is 0 Å². The first-order valence-corrected chi connectivity index (χ1v) is 5.65. The maximum atomic E-state index is 9.79. The summed E-state index contributed by atoms with van der Waals surface area (Å²) in [5, 5.41) is 9.79. The standard InChI is InChI=1S/C12H17BrO/c1-9(12(2,3)14)8-10-4-6-11(13)7-5-10/h4-7,9,14H,8H2,1-3H3/t9-/m0/s1. The van der Waals surface area contributed by atoms with Crippen molar-refractivity contribution in [1.82, 2.24) is 0 Å². The lowest BCUT2D eigenvalue weighted by atomic mass is 9.87. The van der Waals surface area contributed by atoms with Gasteiger partial charge in [0.05, 0.1) is 5.60 Å². The molecule has 1 aromatic rings.